The molecule has 0 saturated carbocycles. The third-order valence-corrected chi connectivity index (χ3v) is 16.7. The minimum absolute atomic E-state index is 0.0151. The van der Waals surface area contributed by atoms with Crippen molar-refractivity contribution in [2.24, 2.45) is 0 Å². The monoisotopic (exact) mass is 458 g/mol. The maximum Gasteiger partial charge on any atom is 0.193 e. The molecule has 1 aliphatic carbocycles. The van der Waals surface area contributed by atoms with Crippen LogP contribution in [0.3, 0.4) is 0 Å². The molecule has 0 aromatic rings. The molecule has 0 fully saturated rings. The van der Waals surface area contributed by atoms with Crippen molar-refractivity contribution in [1.82, 2.24) is 0 Å². The molecule has 3 atom stereocenters. The van der Waals surface area contributed by atoms with E-state index in [1.165, 1.54) is 0 Å². The van der Waals surface area contributed by atoms with E-state index < -0.39 is 36.7 Å². The summed E-state index contributed by atoms with van der Waals surface area (Å²) < 4.78 is 20.3. The minimum Gasteiger partial charge on any atom is -0.408 e. The van der Waals surface area contributed by atoms with Gasteiger partial charge in [0.2, 0.25) is 0 Å². The molecule has 0 aliphatic heterocycles. The summed E-state index contributed by atoms with van der Waals surface area (Å²) in [6.45, 7) is 30.6. The van der Waals surface area contributed by atoms with E-state index in [0.717, 1.165) is 0 Å². The van der Waals surface area contributed by atoms with E-state index in [1.54, 1.807) is 6.08 Å². The highest BCUT2D eigenvalue weighted by Crippen LogP contribution is 2.44. The van der Waals surface area contributed by atoms with E-state index in [2.05, 4.69) is 87.4 Å². The van der Waals surface area contributed by atoms with Crippen LogP contribution in [0.5, 0.6) is 0 Å². The first-order valence-corrected chi connectivity index (χ1v) is 20.0. The molecule has 1 aliphatic rings. The summed E-state index contributed by atoms with van der Waals surface area (Å²) in [5.74, 6) is -0.0151. The number of hydrogen-bond donors (Lipinski definition) is 0. The Morgan fingerprint density at radius 1 is 0.828 bits per heavy atom. The van der Waals surface area contributed by atoms with Gasteiger partial charge in [0, 0.05) is 0 Å². The quantitative estimate of drug-likeness (QED) is 0.425. The van der Waals surface area contributed by atoms with Crippen LogP contribution < -0.4 is 0 Å². The second-order valence-electron chi connectivity index (χ2n) is 12.7. The maximum absolute atomic E-state index is 13.1. The van der Waals surface area contributed by atoms with Crippen molar-refractivity contribution in [3.05, 3.63) is 12.2 Å². The van der Waals surface area contributed by atoms with Crippen LogP contribution >= 0.6 is 0 Å². The van der Waals surface area contributed by atoms with Crippen molar-refractivity contribution in [3.8, 4) is 0 Å². The topological polar surface area (TPSA) is 44.8 Å². The number of rotatable bonds is 6. The number of ketones is 1. The van der Waals surface area contributed by atoms with Gasteiger partial charge in [0.05, 0.1) is 6.10 Å². The molecular formula is C22H46O4Si3. The summed E-state index contributed by atoms with van der Waals surface area (Å²) in [6.07, 6.45) is 2.84. The molecule has 0 spiro atoms. The van der Waals surface area contributed by atoms with E-state index in [4.69, 9.17) is 13.3 Å². The van der Waals surface area contributed by atoms with Gasteiger partial charge in [-0.1, -0.05) is 47.6 Å². The maximum atomic E-state index is 13.1. The first-order chi connectivity index (χ1) is 12.5. The Morgan fingerprint density at radius 2 is 1.24 bits per heavy atom. The Hall–Kier alpha value is -0.0594. The van der Waals surface area contributed by atoms with Crippen molar-refractivity contribution >= 4 is 30.7 Å². The van der Waals surface area contributed by atoms with Gasteiger partial charge in [0.1, 0.15) is 11.7 Å². The van der Waals surface area contributed by atoms with Gasteiger partial charge in [-0.25, -0.2) is 0 Å². The molecule has 1 rings (SSSR count). The highest BCUT2D eigenvalue weighted by Gasteiger charge is 2.55. The fraction of sp³-hybridized carbons (Fsp3) is 0.864. The van der Waals surface area contributed by atoms with E-state index in [1.807, 2.05) is 13.0 Å². The van der Waals surface area contributed by atoms with Crippen molar-refractivity contribution < 1.29 is 18.1 Å². The van der Waals surface area contributed by atoms with Crippen LogP contribution in [0, 0.1) is 0 Å². The summed E-state index contributed by atoms with van der Waals surface area (Å²) in [5.41, 5.74) is -1.03. The Morgan fingerprint density at radius 3 is 1.62 bits per heavy atom. The molecule has 0 aromatic heterocycles. The Bertz CT molecular complexity index is 636. The summed E-state index contributed by atoms with van der Waals surface area (Å²) in [4.78, 5) is 13.1. The average Bonchev–Trinajstić information content (AvgIpc) is 2.43. The number of carbonyl (C=O) groups excluding carboxylic acids is 1. The lowest BCUT2D eigenvalue weighted by Gasteiger charge is -2.51. The van der Waals surface area contributed by atoms with Crippen molar-refractivity contribution in [3.63, 3.8) is 0 Å². The van der Waals surface area contributed by atoms with Gasteiger partial charge in [-0.3, -0.25) is 4.79 Å². The molecule has 0 heterocycles. The van der Waals surface area contributed by atoms with Crippen LogP contribution in [0.1, 0.15) is 48.5 Å². The van der Waals surface area contributed by atoms with Crippen LogP contribution in [0.25, 0.3) is 0 Å². The number of hydrogen-bond acceptors (Lipinski definition) is 4. The van der Waals surface area contributed by atoms with E-state index in [9.17, 15) is 4.79 Å². The molecule has 0 radical (unpaired) electrons. The lowest BCUT2D eigenvalue weighted by atomic mass is 9.85. The first-order valence-electron chi connectivity index (χ1n) is 10.8. The van der Waals surface area contributed by atoms with Crippen LogP contribution in [0.2, 0.25) is 55.9 Å². The van der Waals surface area contributed by atoms with Gasteiger partial charge >= 0.3 is 0 Å². The van der Waals surface area contributed by atoms with Crippen LogP contribution in [-0.4, -0.2) is 48.5 Å². The van der Waals surface area contributed by atoms with E-state index >= 15 is 0 Å². The molecule has 29 heavy (non-hydrogen) atoms. The largest absolute Gasteiger partial charge is 0.408 e. The zero-order valence-corrected chi connectivity index (χ0v) is 24.4. The summed E-state index contributed by atoms with van der Waals surface area (Å²) in [6, 6.07) is 0. The fourth-order valence-corrected chi connectivity index (χ4v) is 7.01. The Labute approximate surface area is 183 Å². The van der Waals surface area contributed by atoms with Gasteiger partial charge in [-0.05, 0) is 68.9 Å². The molecule has 170 valence electrons. The highest BCUT2D eigenvalue weighted by molar-refractivity contribution is 6.75. The van der Waals surface area contributed by atoms with Gasteiger partial charge in [0.25, 0.3) is 0 Å². The van der Waals surface area contributed by atoms with Crippen LogP contribution in [0.15, 0.2) is 12.2 Å². The molecule has 4 nitrogen and oxygen atoms in total. The van der Waals surface area contributed by atoms with Gasteiger partial charge in [0.15, 0.2) is 30.7 Å². The normalized spacial score (nSPS) is 27.4. The summed E-state index contributed by atoms with van der Waals surface area (Å²) in [5, 5.41) is 0.0959. The second-order valence-corrected chi connectivity index (χ2v) is 26.6. The number of carbonyl (C=O) groups is 1. The minimum atomic E-state index is -2.16. The van der Waals surface area contributed by atoms with Crippen molar-refractivity contribution in [2.45, 2.75) is 122 Å². The predicted octanol–water partition coefficient (Wildman–Crippen LogP) is 6.52. The first kappa shape index (κ1) is 27.0. The third kappa shape index (κ3) is 6.23. The molecule has 7 heteroatoms. The third-order valence-electron chi connectivity index (χ3n) is 6.75. The molecule has 0 amide bonds. The fourth-order valence-electron chi connectivity index (χ4n) is 2.94. The lowest BCUT2D eigenvalue weighted by molar-refractivity contribution is -0.146. The van der Waals surface area contributed by atoms with Gasteiger partial charge in [-0.15, -0.1) is 0 Å². The molecule has 0 unspecified atom stereocenters. The van der Waals surface area contributed by atoms with E-state index in [-0.39, 0.29) is 22.0 Å². The average molecular weight is 459 g/mol. The van der Waals surface area contributed by atoms with Crippen molar-refractivity contribution in [1.29, 1.82) is 0 Å². The smallest absolute Gasteiger partial charge is 0.193 e. The summed E-state index contributed by atoms with van der Waals surface area (Å²) >= 11 is 0. The molecule has 0 saturated heterocycles. The second kappa shape index (κ2) is 8.13. The van der Waals surface area contributed by atoms with Crippen molar-refractivity contribution in [2.75, 3.05) is 0 Å². The predicted molar refractivity (Wildman–Crippen MR) is 131 cm³/mol. The van der Waals surface area contributed by atoms with Crippen LogP contribution in [0.4, 0.5) is 0 Å². The zero-order chi connectivity index (χ0) is 23.3. The molecule has 0 N–H and O–H groups in total. The lowest BCUT2D eigenvalue weighted by Crippen LogP contribution is -2.65. The van der Waals surface area contributed by atoms with E-state index in [0.29, 0.717) is 0 Å². The van der Waals surface area contributed by atoms with Crippen LogP contribution in [-0.2, 0) is 18.1 Å². The van der Waals surface area contributed by atoms with Gasteiger partial charge < -0.3 is 13.3 Å². The SMILES string of the molecule is CC(C)(C)[Si](C)(C)O[C@H]1C=CC(=O)[C@@](C)(O[Si](C)(C)C)[C@H]1O[Si](C)(C)C(C)(C)C. The highest BCUT2D eigenvalue weighted by atomic mass is 28.4. The molecule has 0 bridgehead atoms. The van der Waals surface area contributed by atoms with Gasteiger partial charge in [-0.2, -0.15) is 0 Å². The standard InChI is InChI=1S/C22H46O4Si3/c1-20(2,3)28(11,12)24-17-15-16-18(23)22(7,26-27(8,9)10)19(17)25-29(13,14)21(4,5)6/h15-17,19H,1-14H3/t17-,19-,22+/m0/s1. The Kier molecular flexibility index (Phi) is 7.56. The summed E-state index contributed by atoms with van der Waals surface area (Å²) in [7, 11) is -6.24. The zero-order valence-electron chi connectivity index (χ0n) is 21.4. The molecular weight excluding hydrogens is 412 g/mol. The molecule has 0 aromatic carbocycles. The Balaban J connectivity index is 3.50.